The van der Waals surface area contributed by atoms with Crippen LogP contribution in [-0.4, -0.2) is 31.5 Å². The van der Waals surface area contributed by atoms with Gasteiger partial charge in [-0.2, -0.15) is 4.39 Å². The average Bonchev–Trinajstić information content (AvgIpc) is 3.20. The molecule has 2 aromatic heterocycles. The molecule has 27 heavy (non-hydrogen) atoms. The zero-order chi connectivity index (χ0) is 19.6. The molecule has 0 saturated carbocycles. The average molecular weight is 392 g/mol. The second kappa shape index (κ2) is 7.45. The van der Waals surface area contributed by atoms with Gasteiger partial charge in [0, 0.05) is 11.8 Å². The van der Waals surface area contributed by atoms with Crippen molar-refractivity contribution >= 4 is 29.0 Å². The van der Waals surface area contributed by atoms with E-state index in [9.17, 15) is 19.3 Å². The van der Waals surface area contributed by atoms with E-state index in [2.05, 4.69) is 15.5 Å². The first kappa shape index (κ1) is 18.4. The standard InChI is InChI=1S/C15H13FN6O4S/c1-8-10(4-5-26-8)14-19-20-15(21(14)17)27-7-13(23)18-9-2-3-11(16)12(6-9)22(24)25/h2-6H,7,17H2,1H3,(H,18,23). The minimum Gasteiger partial charge on any atom is -0.469 e. The zero-order valence-electron chi connectivity index (χ0n) is 13.9. The van der Waals surface area contributed by atoms with Gasteiger partial charge >= 0.3 is 5.69 Å². The first-order valence-electron chi connectivity index (χ1n) is 7.48. The molecule has 0 unspecified atom stereocenters. The van der Waals surface area contributed by atoms with Gasteiger partial charge in [-0.25, -0.2) is 4.68 Å². The van der Waals surface area contributed by atoms with E-state index in [1.54, 1.807) is 13.0 Å². The fraction of sp³-hybridized carbons (Fsp3) is 0.133. The number of hydrogen-bond acceptors (Lipinski definition) is 8. The molecule has 2 heterocycles. The smallest absolute Gasteiger partial charge is 0.306 e. The molecule has 0 atom stereocenters. The number of aromatic nitrogens is 3. The number of benzene rings is 1. The second-order valence-electron chi connectivity index (χ2n) is 5.33. The summed E-state index contributed by atoms with van der Waals surface area (Å²) in [5.74, 6) is 5.44. The highest BCUT2D eigenvalue weighted by molar-refractivity contribution is 7.99. The van der Waals surface area contributed by atoms with Crippen LogP contribution in [0.1, 0.15) is 5.76 Å². The van der Waals surface area contributed by atoms with Gasteiger partial charge in [-0.3, -0.25) is 14.9 Å². The van der Waals surface area contributed by atoms with Crippen LogP contribution in [0.4, 0.5) is 15.8 Å². The van der Waals surface area contributed by atoms with Crippen LogP contribution in [0, 0.1) is 22.9 Å². The van der Waals surface area contributed by atoms with Crippen LogP contribution < -0.4 is 11.2 Å². The van der Waals surface area contributed by atoms with Gasteiger partial charge in [0.1, 0.15) is 5.76 Å². The molecule has 0 aliphatic carbocycles. The molecule has 12 heteroatoms. The van der Waals surface area contributed by atoms with Gasteiger partial charge in [0.25, 0.3) is 0 Å². The fourth-order valence-electron chi connectivity index (χ4n) is 2.23. The number of nitro benzene ring substituents is 1. The molecule has 0 spiro atoms. The Bertz CT molecular complexity index is 1020. The lowest BCUT2D eigenvalue weighted by Crippen LogP contribution is -2.16. The predicted molar refractivity (Wildman–Crippen MR) is 95.0 cm³/mol. The van der Waals surface area contributed by atoms with Gasteiger partial charge in [-0.1, -0.05) is 11.8 Å². The van der Waals surface area contributed by atoms with Crippen LogP contribution in [0.15, 0.2) is 40.1 Å². The number of aryl methyl sites for hydroxylation is 1. The predicted octanol–water partition coefficient (Wildman–Crippen LogP) is 2.34. The summed E-state index contributed by atoms with van der Waals surface area (Å²) in [5.41, 5.74) is 0.0693. The van der Waals surface area contributed by atoms with Gasteiger partial charge in [-0.05, 0) is 25.1 Å². The van der Waals surface area contributed by atoms with E-state index in [0.717, 1.165) is 23.9 Å². The number of hydrogen-bond donors (Lipinski definition) is 2. The van der Waals surface area contributed by atoms with Crippen LogP contribution in [0.25, 0.3) is 11.4 Å². The number of furan rings is 1. The molecule has 0 radical (unpaired) electrons. The van der Waals surface area contributed by atoms with Crippen LogP contribution in [0.5, 0.6) is 0 Å². The lowest BCUT2D eigenvalue weighted by atomic mass is 10.2. The first-order valence-corrected chi connectivity index (χ1v) is 8.47. The van der Waals surface area contributed by atoms with Gasteiger partial charge in [0.2, 0.25) is 16.9 Å². The molecular formula is C15H13FN6O4S. The number of nitrogens with one attached hydrogen (secondary N) is 1. The summed E-state index contributed by atoms with van der Waals surface area (Å²) in [6, 6.07) is 4.79. The van der Waals surface area contributed by atoms with E-state index < -0.39 is 22.3 Å². The Morgan fingerprint density at radius 2 is 2.22 bits per heavy atom. The number of amides is 1. The molecule has 3 aromatic rings. The second-order valence-corrected chi connectivity index (χ2v) is 6.27. The minimum atomic E-state index is -0.981. The van der Waals surface area contributed by atoms with Gasteiger partial charge < -0.3 is 15.6 Å². The van der Waals surface area contributed by atoms with Crippen molar-refractivity contribution in [1.29, 1.82) is 0 Å². The number of carbonyl (C=O) groups excluding carboxylic acids is 1. The molecule has 140 valence electrons. The largest absolute Gasteiger partial charge is 0.469 e. The third-order valence-corrected chi connectivity index (χ3v) is 4.47. The molecule has 0 bridgehead atoms. The van der Waals surface area contributed by atoms with E-state index in [0.29, 0.717) is 22.3 Å². The Balaban J connectivity index is 1.65. The molecule has 10 nitrogen and oxygen atoms in total. The number of nitro groups is 1. The third-order valence-electron chi connectivity index (χ3n) is 3.52. The van der Waals surface area contributed by atoms with Crippen molar-refractivity contribution in [2.24, 2.45) is 0 Å². The van der Waals surface area contributed by atoms with Crippen molar-refractivity contribution in [3.05, 3.63) is 52.2 Å². The summed E-state index contributed by atoms with van der Waals surface area (Å²) in [6.45, 7) is 1.76. The zero-order valence-corrected chi connectivity index (χ0v) is 14.7. The highest BCUT2D eigenvalue weighted by Gasteiger charge is 2.18. The number of nitrogens with two attached hydrogens (primary N) is 1. The van der Waals surface area contributed by atoms with Crippen molar-refractivity contribution in [2.75, 3.05) is 16.9 Å². The van der Waals surface area contributed by atoms with Crippen LogP contribution in [0.3, 0.4) is 0 Å². The highest BCUT2D eigenvalue weighted by atomic mass is 32.2. The molecule has 0 aliphatic heterocycles. The van der Waals surface area contributed by atoms with Crippen molar-refractivity contribution in [3.8, 4) is 11.4 Å². The quantitative estimate of drug-likeness (QED) is 0.282. The third kappa shape index (κ3) is 3.89. The topological polar surface area (TPSA) is 142 Å². The maximum atomic E-state index is 13.3. The van der Waals surface area contributed by atoms with Crippen molar-refractivity contribution < 1.29 is 18.5 Å². The summed E-state index contributed by atoms with van der Waals surface area (Å²) in [6.07, 6.45) is 1.50. The number of halogens is 1. The minimum absolute atomic E-state index is 0.0785. The molecule has 1 amide bonds. The van der Waals surface area contributed by atoms with Crippen LogP contribution in [-0.2, 0) is 4.79 Å². The summed E-state index contributed by atoms with van der Waals surface area (Å²) in [5, 5.41) is 21.4. The lowest BCUT2D eigenvalue weighted by Gasteiger charge is -2.05. The number of thioether (sulfide) groups is 1. The van der Waals surface area contributed by atoms with E-state index >= 15 is 0 Å². The Labute approximate surface area is 155 Å². The van der Waals surface area contributed by atoms with Crippen molar-refractivity contribution in [3.63, 3.8) is 0 Å². The maximum Gasteiger partial charge on any atom is 0.306 e. The normalized spacial score (nSPS) is 10.7. The maximum absolute atomic E-state index is 13.3. The molecule has 0 fully saturated rings. The number of rotatable bonds is 6. The van der Waals surface area contributed by atoms with Gasteiger partial charge in [0.05, 0.1) is 22.5 Å². The van der Waals surface area contributed by atoms with Gasteiger partial charge in [-0.15, -0.1) is 10.2 Å². The van der Waals surface area contributed by atoms with E-state index in [-0.39, 0.29) is 11.4 Å². The Morgan fingerprint density at radius 3 is 2.89 bits per heavy atom. The molecule has 1 aromatic carbocycles. The van der Waals surface area contributed by atoms with E-state index in [1.807, 2.05) is 0 Å². The Morgan fingerprint density at radius 1 is 1.44 bits per heavy atom. The Hall–Kier alpha value is -3.41. The Kier molecular flexibility index (Phi) is 5.07. The SMILES string of the molecule is Cc1occc1-c1nnc(SCC(=O)Nc2ccc(F)c([N+](=O)[O-])c2)n1N. The highest BCUT2D eigenvalue weighted by Crippen LogP contribution is 2.25. The van der Waals surface area contributed by atoms with Crippen molar-refractivity contribution in [1.82, 2.24) is 14.9 Å². The number of nitrogen functional groups attached to an aromatic ring is 1. The summed E-state index contributed by atoms with van der Waals surface area (Å²) < 4.78 is 19.8. The van der Waals surface area contributed by atoms with E-state index in [1.165, 1.54) is 17.0 Å². The monoisotopic (exact) mass is 392 g/mol. The molecular weight excluding hydrogens is 379 g/mol. The van der Waals surface area contributed by atoms with Gasteiger partial charge in [0.15, 0.2) is 5.82 Å². The number of anilines is 1. The molecule has 3 N–H and O–H groups in total. The summed E-state index contributed by atoms with van der Waals surface area (Å²) >= 11 is 1.03. The lowest BCUT2D eigenvalue weighted by molar-refractivity contribution is -0.387. The summed E-state index contributed by atoms with van der Waals surface area (Å²) in [7, 11) is 0. The van der Waals surface area contributed by atoms with Crippen LogP contribution in [0.2, 0.25) is 0 Å². The number of nitrogens with zero attached hydrogens (tertiary/aromatic N) is 4. The fourth-order valence-corrected chi connectivity index (χ4v) is 2.89. The van der Waals surface area contributed by atoms with Crippen molar-refractivity contribution in [2.45, 2.75) is 12.1 Å². The first-order chi connectivity index (χ1) is 12.9. The van der Waals surface area contributed by atoms with E-state index in [4.69, 9.17) is 10.3 Å². The molecule has 3 rings (SSSR count). The summed E-state index contributed by atoms with van der Waals surface area (Å²) in [4.78, 5) is 21.9. The molecule has 0 saturated heterocycles. The van der Waals surface area contributed by atoms with Crippen LogP contribution >= 0.6 is 11.8 Å². The number of carbonyl (C=O) groups is 1. The molecule has 0 aliphatic rings.